The molecule has 1 heterocycles. The van der Waals surface area contributed by atoms with Crippen molar-refractivity contribution < 1.29 is 24.1 Å². The van der Waals surface area contributed by atoms with Crippen LogP contribution >= 0.6 is 15.9 Å². The first kappa shape index (κ1) is 17.6. The third kappa shape index (κ3) is 3.59. The number of hydrogen-bond donors (Lipinski definition) is 1. The number of rotatable bonds is 2. The zero-order chi connectivity index (χ0) is 17.4. The van der Waals surface area contributed by atoms with Crippen molar-refractivity contribution in [1.82, 2.24) is 4.57 Å². The van der Waals surface area contributed by atoms with Gasteiger partial charge in [0, 0.05) is 15.5 Å². The lowest BCUT2D eigenvalue weighted by Crippen LogP contribution is -2.34. The van der Waals surface area contributed by atoms with Crippen LogP contribution in [0.1, 0.15) is 31.1 Å². The van der Waals surface area contributed by atoms with E-state index in [1.165, 1.54) is 17.7 Å². The van der Waals surface area contributed by atoms with Gasteiger partial charge in [-0.2, -0.15) is 0 Å². The number of aromatic nitrogens is 1. The Morgan fingerprint density at radius 1 is 1.26 bits per heavy atom. The van der Waals surface area contributed by atoms with Crippen molar-refractivity contribution in [3.8, 4) is 0 Å². The van der Waals surface area contributed by atoms with E-state index in [0.717, 1.165) is 0 Å². The summed E-state index contributed by atoms with van der Waals surface area (Å²) in [6, 6.07) is 4.81. The molecule has 0 fully saturated rings. The Kier molecular flexibility index (Phi) is 4.86. The van der Waals surface area contributed by atoms with Gasteiger partial charge in [-0.05, 0) is 39.0 Å². The highest BCUT2D eigenvalue weighted by Crippen LogP contribution is 2.27. The van der Waals surface area contributed by atoms with Crippen molar-refractivity contribution in [2.45, 2.75) is 26.4 Å². The van der Waals surface area contributed by atoms with E-state index in [-0.39, 0.29) is 7.48 Å². The van der Waals surface area contributed by atoms with Crippen LogP contribution in [0.4, 0.5) is 4.79 Å². The summed E-state index contributed by atoms with van der Waals surface area (Å²) in [4.78, 5) is 24.3. The van der Waals surface area contributed by atoms with Gasteiger partial charge >= 0.3 is 19.5 Å². The Labute approximate surface area is 142 Å². The molecule has 0 saturated heterocycles. The number of ether oxygens (including phenoxy) is 2. The second-order valence-corrected chi connectivity index (χ2v) is 6.85. The zero-order valence-electron chi connectivity index (χ0n) is 13.3. The largest absolute Gasteiger partial charge is 0.465 e. The van der Waals surface area contributed by atoms with E-state index in [1.54, 1.807) is 32.9 Å². The van der Waals surface area contributed by atoms with Gasteiger partial charge in [0.15, 0.2) is 0 Å². The number of carbonyl (C=O) groups is 2. The van der Waals surface area contributed by atoms with Crippen LogP contribution in [0.3, 0.4) is 0 Å². The molecule has 2 aromatic rings. The lowest BCUT2D eigenvalue weighted by Gasteiger charge is -2.20. The Hall–Kier alpha value is -1.80. The van der Waals surface area contributed by atoms with Crippen LogP contribution in [0.15, 0.2) is 22.7 Å². The molecule has 0 aliphatic heterocycles. The second-order valence-electron chi connectivity index (χ2n) is 5.99. The van der Waals surface area contributed by atoms with E-state index < -0.39 is 17.7 Å². The minimum Gasteiger partial charge on any atom is -0.465 e. The molecule has 1 aromatic carbocycles. The number of nitrogens with zero attached hydrogens (tertiary/aromatic N) is 1. The molecular weight excluding hydrogens is 365 g/mol. The monoisotopic (exact) mass is 381 g/mol. The molecule has 1 aromatic heterocycles. The number of carbonyl (C=O) groups excluding carboxylic acids is 2. The molecule has 0 spiro atoms. The molecule has 122 valence electrons. The molecule has 0 unspecified atom stereocenters. The summed E-state index contributed by atoms with van der Waals surface area (Å²) < 4.78 is 12.0. The lowest BCUT2D eigenvalue weighted by atomic mass is 9.96. The number of methoxy groups -OCH3 is 1. The standard InChI is InChI=1S/C15H17BBrNO5/c1-15(2,3)23-14(20)18-11-6-8(13(19)22-4)5-10(17)9(11)7-12(18)16-21/h5-7,16,21H,1-4H3. The van der Waals surface area contributed by atoms with Crippen LogP contribution in [-0.2, 0) is 9.47 Å². The van der Waals surface area contributed by atoms with E-state index in [2.05, 4.69) is 15.9 Å². The molecule has 2 rings (SSSR count). The lowest BCUT2D eigenvalue weighted by molar-refractivity contribution is 0.0545. The highest BCUT2D eigenvalue weighted by molar-refractivity contribution is 9.10. The summed E-state index contributed by atoms with van der Waals surface area (Å²) in [5.41, 5.74) is 0.437. The smallest absolute Gasteiger partial charge is 0.418 e. The zero-order valence-corrected chi connectivity index (χ0v) is 14.9. The average molecular weight is 382 g/mol. The Bertz CT molecular complexity index is 778. The minimum absolute atomic E-state index is 0.291. The quantitative estimate of drug-likeness (QED) is 0.635. The maximum absolute atomic E-state index is 12.5. The first-order valence-corrected chi connectivity index (χ1v) is 7.73. The molecule has 0 saturated carbocycles. The van der Waals surface area contributed by atoms with Gasteiger partial charge in [0.2, 0.25) is 0 Å². The van der Waals surface area contributed by atoms with E-state index in [9.17, 15) is 14.6 Å². The Morgan fingerprint density at radius 2 is 1.91 bits per heavy atom. The molecular formula is C15H17BBrNO5. The third-order valence-corrected chi connectivity index (χ3v) is 3.76. The van der Waals surface area contributed by atoms with E-state index in [1.807, 2.05) is 0 Å². The van der Waals surface area contributed by atoms with Gasteiger partial charge in [0.05, 0.1) is 18.2 Å². The van der Waals surface area contributed by atoms with Crippen molar-refractivity contribution >= 4 is 52.0 Å². The van der Waals surface area contributed by atoms with Gasteiger partial charge in [-0.25, -0.2) is 9.59 Å². The predicted octanol–water partition coefficient (Wildman–Crippen LogP) is 1.94. The first-order valence-electron chi connectivity index (χ1n) is 6.94. The van der Waals surface area contributed by atoms with Gasteiger partial charge in [-0.3, -0.25) is 4.57 Å². The van der Waals surface area contributed by atoms with Crippen LogP contribution in [0, 0.1) is 0 Å². The van der Waals surface area contributed by atoms with Gasteiger partial charge in [0.25, 0.3) is 0 Å². The summed E-state index contributed by atoms with van der Waals surface area (Å²) in [5.74, 6) is -0.518. The summed E-state index contributed by atoms with van der Waals surface area (Å²) in [6.45, 7) is 5.26. The highest BCUT2D eigenvalue weighted by atomic mass is 79.9. The Morgan fingerprint density at radius 3 is 2.43 bits per heavy atom. The van der Waals surface area contributed by atoms with Gasteiger partial charge < -0.3 is 14.5 Å². The van der Waals surface area contributed by atoms with E-state index in [4.69, 9.17) is 9.47 Å². The number of esters is 1. The van der Waals surface area contributed by atoms with Gasteiger partial charge in [0.1, 0.15) is 5.60 Å². The third-order valence-electron chi connectivity index (χ3n) is 3.11. The van der Waals surface area contributed by atoms with Crippen LogP contribution in [-0.4, -0.2) is 41.8 Å². The molecule has 0 amide bonds. The summed E-state index contributed by atoms with van der Waals surface area (Å²) >= 11 is 3.38. The molecule has 6 nitrogen and oxygen atoms in total. The first-order chi connectivity index (χ1) is 10.7. The van der Waals surface area contributed by atoms with Crippen molar-refractivity contribution in [2.75, 3.05) is 7.11 Å². The Balaban J connectivity index is 2.68. The van der Waals surface area contributed by atoms with Crippen LogP contribution < -0.4 is 5.59 Å². The number of benzene rings is 1. The molecule has 0 atom stereocenters. The van der Waals surface area contributed by atoms with E-state index in [0.29, 0.717) is 26.5 Å². The van der Waals surface area contributed by atoms with Gasteiger partial charge in [-0.1, -0.05) is 15.9 Å². The predicted molar refractivity (Wildman–Crippen MR) is 91.6 cm³/mol. The van der Waals surface area contributed by atoms with Crippen LogP contribution in [0.5, 0.6) is 0 Å². The van der Waals surface area contributed by atoms with E-state index >= 15 is 0 Å². The molecule has 0 bridgehead atoms. The summed E-state index contributed by atoms with van der Waals surface area (Å²) in [5, 5.41) is 10.2. The molecule has 0 aliphatic carbocycles. The molecule has 0 radical (unpaired) electrons. The highest BCUT2D eigenvalue weighted by Gasteiger charge is 2.24. The number of fused-ring (bicyclic) bond motifs is 1. The fourth-order valence-corrected chi connectivity index (χ4v) is 2.76. The average Bonchev–Trinajstić information content (AvgIpc) is 2.83. The molecule has 23 heavy (non-hydrogen) atoms. The molecule has 0 aliphatic rings. The maximum atomic E-state index is 12.5. The molecule has 1 N–H and O–H groups in total. The normalized spacial score (nSPS) is 11.4. The second kappa shape index (κ2) is 6.37. The van der Waals surface area contributed by atoms with Crippen molar-refractivity contribution in [3.05, 3.63) is 28.2 Å². The van der Waals surface area contributed by atoms with Crippen LogP contribution in [0.2, 0.25) is 0 Å². The molecule has 8 heteroatoms. The fourth-order valence-electron chi connectivity index (χ4n) is 2.19. The maximum Gasteiger partial charge on any atom is 0.418 e. The van der Waals surface area contributed by atoms with Crippen molar-refractivity contribution in [1.29, 1.82) is 0 Å². The SMILES string of the molecule is COC(=O)c1cc(Br)c2cc(BO)n(C(=O)OC(C)(C)C)c2c1. The van der Waals surface area contributed by atoms with Crippen LogP contribution in [0.25, 0.3) is 10.9 Å². The minimum atomic E-state index is -0.683. The van der Waals surface area contributed by atoms with Crippen molar-refractivity contribution in [2.24, 2.45) is 0 Å². The topological polar surface area (TPSA) is 77.8 Å². The fraction of sp³-hybridized carbons (Fsp3) is 0.333. The summed E-state index contributed by atoms with van der Waals surface area (Å²) in [6.07, 6.45) is -0.620. The number of halogens is 1. The number of hydrogen-bond acceptors (Lipinski definition) is 5. The summed E-state index contributed by atoms with van der Waals surface area (Å²) in [7, 11) is 0.945. The van der Waals surface area contributed by atoms with Crippen molar-refractivity contribution in [3.63, 3.8) is 0 Å². The van der Waals surface area contributed by atoms with Gasteiger partial charge in [-0.15, -0.1) is 0 Å².